The van der Waals surface area contributed by atoms with Gasteiger partial charge in [0.05, 0.1) is 12.7 Å². The van der Waals surface area contributed by atoms with Gasteiger partial charge in [0.1, 0.15) is 0 Å². The smallest absolute Gasteiger partial charge is 0.168 e. The maximum absolute atomic E-state index is 6.49. The summed E-state index contributed by atoms with van der Waals surface area (Å²) in [5, 5.41) is 0. The molecule has 1 rings (SSSR count). The number of hydrogen-bond acceptors (Lipinski definition) is 3. The van der Waals surface area contributed by atoms with Crippen molar-refractivity contribution in [2.75, 3.05) is 6.61 Å². The van der Waals surface area contributed by atoms with E-state index in [1.54, 1.807) is 0 Å². The molecule has 2 atom stereocenters. The van der Waals surface area contributed by atoms with Gasteiger partial charge in [0.2, 0.25) is 0 Å². The molecule has 0 aromatic rings. The summed E-state index contributed by atoms with van der Waals surface area (Å²) < 4.78 is 12.8. The zero-order chi connectivity index (χ0) is 31.8. The normalized spacial score (nSPS) is 20.0. The third kappa shape index (κ3) is 24.1. The average Bonchev–Trinajstić information content (AvgIpc) is 3.45. The minimum absolute atomic E-state index is 0.0311. The van der Waals surface area contributed by atoms with Crippen molar-refractivity contribution in [3.05, 3.63) is 48.6 Å². The highest BCUT2D eigenvalue weighted by Crippen LogP contribution is 2.35. The van der Waals surface area contributed by atoms with E-state index in [1.165, 1.54) is 141 Å². The van der Waals surface area contributed by atoms with Crippen LogP contribution in [-0.4, -0.2) is 24.5 Å². The molecule has 0 bridgehead atoms. The lowest BCUT2D eigenvalue weighted by atomic mass is 9.98. The molecule has 44 heavy (non-hydrogen) atoms. The van der Waals surface area contributed by atoms with Crippen LogP contribution in [0.1, 0.15) is 188 Å². The summed E-state index contributed by atoms with van der Waals surface area (Å²) in [4.78, 5) is 0. The van der Waals surface area contributed by atoms with Gasteiger partial charge in [-0.2, -0.15) is 0 Å². The Balaban J connectivity index is 2.09. The standard InChI is InChI=1S/C41H75NO2/c1-4-6-8-10-12-14-16-18-20-22-24-26-28-30-32-34-36-41(43-38-40(44-41)39(3)42)37-35-33-31-29-27-25-23-21-19-17-15-13-11-9-7-5-2/h12-15,18-21,39-40H,4-11,16-17,22-38,42H2,1-3H3. The van der Waals surface area contributed by atoms with E-state index in [1.807, 2.05) is 6.92 Å². The Morgan fingerprint density at radius 2 is 0.909 bits per heavy atom. The fourth-order valence-corrected chi connectivity index (χ4v) is 5.99. The Hall–Kier alpha value is -1.16. The minimum Gasteiger partial charge on any atom is -0.347 e. The average molecular weight is 614 g/mol. The molecule has 1 aliphatic rings. The quantitative estimate of drug-likeness (QED) is 0.0625. The molecule has 3 nitrogen and oxygen atoms in total. The van der Waals surface area contributed by atoms with E-state index in [9.17, 15) is 0 Å². The van der Waals surface area contributed by atoms with Crippen LogP contribution in [0.15, 0.2) is 48.6 Å². The summed E-state index contributed by atoms with van der Waals surface area (Å²) in [6.07, 6.45) is 51.5. The topological polar surface area (TPSA) is 44.5 Å². The molecule has 0 saturated carbocycles. The van der Waals surface area contributed by atoms with Crippen LogP contribution in [0.5, 0.6) is 0 Å². The van der Waals surface area contributed by atoms with Crippen molar-refractivity contribution in [3.63, 3.8) is 0 Å². The Labute approximate surface area is 275 Å². The van der Waals surface area contributed by atoms with Gasteiger partial charge in [-0.3, -0.25) is 0 Å². The van der Waals surface area contributed by atoms with Gasteiger partial charge in [0.15, 0.2) is 5.79 Å². The summed E-state index contributed by atoms with van der Waals surface area (Å²) in [6.45, 7) is 7.23. The van der Waals surface area contributed by atoms with Gasteiger partial charge in [-0.1, -0.05) is 140 Å². The van der Waals surface area contributed by atoms with Crippen molar-refractivity contribution in [2.45, 2.75) is 206 Å². The third-order valence-electron chi connectivity index (χ3n) is 8.98. The van der Waals surface area contributed by atoms with Crippen LogP contribution >= 0.6 is 0 Å². The largest absolute Gasteiger partial charge is 0.347 e. The first-order valence-corrected chi connectivity index (χ1v) is 19.3. The van der Waals surface area contributed by atoms with E-state index < -0.39 is 0 Å². The number of nitrogens with two attached hydrogens (primary N) is 1. The lowest BCUT2D eigenvalue weighted by molar-refractivity contribution is -0.180. The first-order chi connectivity index (χ1) is 21.6. The van der Waals surface area contributed by atoms with Gasteiger partial charge in [-0.05, 0) is 84.0 Å². The van der Waals surface area contributed by atoms with Gasteiger partial charge >= 0.3 is 0 Å². The molecule has 0 amide bonds. The molecule has 0 aromatic heterocycles. The molecule has 1 heterocycles. The Morgan fingerprint density at radius 1 is 0.545 bits per heavy atom. The molecular weight excluding hydrogens is 538 g/mol. The first kappa shape index (κ1) is 40.9. The molecule has 2 unspecified atom stereocenters. The molecule has 1 fully saturated rings. The maximum atomic E-state index is 6.49. The van der Waals surface area contributed by atoms with E-state index >= 15 is 0 Å². The predicted octanol–water partition coefficient (Wildman–Crippen LogP) is 12.9. The Morgan fingerprint density at radius 3 is 1.27 bits per heavy atom. The van der Waals surface area contributed by atoms with E-state index in [-0.39, 0.29) is 17.9 Å². The van der Waals surface area contributed by atoms with Crippen molar-refractivity contribution >= 4 is 0 Å². The molecule has 0 radical (unpaired) electrons. The first-order valence-electron chi connectivity index (χ1n) is 19.3. The molecule has 0 aliphatic carbocycles. The monoisotopic (exact) mass is 614 g/mol. The second kappa shape index (κ2) is 30.5. The Kier molecular flexibility index (Phi) is 28.3. The lowest BCUT2D eigenvalue weighted by Crippen LogP contribution is -2.37. The van der Waals surface area contributed by atoms with E-state index in [2.05, 4.69) is 62.5 Å². The van der Waals surface area contributed by atoms with Gasteiger partial charge in [-0.15, -0.1) is 0 Å². The number of hydrogen-bond donors (Lipinski definition) is 1. The van der Waals surface area contributed by atoms with Crippen LogP contribution in [0.4, 0.5) is 0 Å². The second-order valence-electron chi connectivity index (χ2n) is 13.4. The minimum atomic E-state index is -0.386. The second-order valence-corrected chi connectivity index (χ2v) is 13.4. The summed E-state index contributed by atoms with van der Waals surface area (Å²) in [5.41, 5.74) is 6.18. The van der Waals surface area contributed by atoms with Gasteiger partial charge in [0.25, 0.3) is 0 Å². The van der Waals surface area contributed by atoms with Crippen molar-refractivity contribution in [3.8, 4) is 0 Å². The van der Waals surface area contributed by atoms with Crippen molar-refractivity contribution in [1.82, 2.24) is 0 Å². The van der Waals surface area contributed by atoms with Crippen LogP contribution in [0.25, 0.3) is 0 Å². The molecule has 1 aliphatic heterocycles. The molecular formula is C41H75NO2. The predicted molar refractivity (Wildman–Crippen MR) is 195 cm³/mol. The summed E-state index contributed by atoms with van der Waals surface area (Å²) in [7, 11) is 0. The SMILES string of the molecule is CCCCCC=CCC=CCCCCCCCCC1(CCCCCCCCC=CCC=CCCCCC)OCC(C(C)N)O1. The number of unbranched alkanes of at least 4 members (excludes halogenated alkanes) is 18. The molecule has 0 aromatic carbocycles. The number of ether oxygens (including phenoxy) is 2. The third-order valence-corrected chi connectivity index (χ3v) is 8.98. The molecule has 1 saturated heterocycles. The van der Waals surface area contributed by atoms with Gasteiger partial charge in [0, 0.05) is 18.9 Å². The maximum Gasteiger partial charge on any atom is 0.168 e. The summed E-state index contributed by atoms with van der Waals surface area (Å²) in [6, 6.07) is 0.0311. The van der Waals surface area contributed by atoms with Crippen molar-refractivity contribution in [1.29, 1.82) is 0 Å². The highest BCUT2D eigenvalue weighted by Gasteiger charge is 2.41. The highest BCUT2D eigenvalue weighted by molar-refractivity contribution is 4.93. The summed E-state index contributed by atoms with van der Waals surface area (Å²) in [5.74, 6) is -0.386. The zero-order valence-electron chi connectivity index (χ0n) is 29.8. The fraction of sp³-hybridized carbons (Fsp3) is 0.805. The fourth-order valence-electron chi connectivity index (χ4n) is 5.99. The molecule has 0 spiro atoms. The Bertz CT molecular complexity index is 674. The van der Waals surface area contributed by atoms with Crippen LogP contribution in [0.3, 0.4) is 0 Å². The van der Waals surface area contributed by atoms with Crippen LogP contribution in [0.2, 0.25) is 0 Å². The van der Waals surface area contributed by atoms with Crippen molar-refractivity contribution in [2.24, 2.45) is 5.73 Å². The van der Waals surface area contributed by atoms with Gasteiger partial charge in [-0.25, -0.2) is 0 Å². The van der Waals surface area contributed by atoms with E-state index in [4.69, 9.17) is 15.2 Å². The van der Waals surface area contributed by atoms with Crippen LogP contribution in [-0.2, 0) is 9.47 Å². The van der Waals surface area contributed by atoms with Gasteiger partial charge < -0.3 is 15.2 Å². The number of allylic oxidation sites excluding steroid dienone is 8. The molecule has 2 N–H and O–H groups in total. The lowest BCUT2D eigenvalue weighted by Gasteiger charge is -2.29. The van der Waals surface area contributed by atoms with Crippen LogP contribution < -0.4 is 5.73 Å². The number of rotatable bonds is 31. The highest BCUT2D eigenvalue weighted by atomic mass is 16.7. The van der Waals surface area contributed by atoms with E-state index in [0.717, 1.165) is 25.7 Å². The van der Waals surface area contributed by atoms with Crippen molar-refractivity contribution < 1.29 is 9.47 Å². The molecule has 256 valence electrons. The van der Waals surface area contributed by atoms with E-state index in [0.29, 0.717) is 6.61 Å². The van der Waals surface area contributed by atoms with Crippen LogP contribution in [0, 0.1) is 0 Å². The summed E-state index contributed by atoms with van der Waals surface area (Å²) >= 11 is 0. The molecule has 3 heteroatoms. The zero-order valence-corrected chi connectivity index (χ0v) is 29.8.